The molecule has 1 aromatic carbocycles. The van der Waals surface area contributed by atoms with E-state index in [2.05, 4.69) is 10.3 Å². The van der Waals surface area contributed by atoms with Gasteiger partial charge in [0.2, 0.25) is 0 Å². The molecule has 0 aliphatic heterocycles. The van der Waals surface area contributed by atoms with Gasteiger partial charge in [-0.15, -0.1) is 11.3 Å². The van der Waals surface area contributed by atoms with Crippen LogP contribution in [-0.2, 0) is 6.42 Å². The van der Waals surface area contributed by atoms with Crippen molar-refractivity contribution in [3.63, 3.8) is 0 Å². The molecule has 9 heteroatoms. The number of ether oxygens (including phenoxy) is 2. The molecule has 0 spiro atoms. The summed E-state index contributed by atoms with van der Waals surface area (Å²) in [5.74, 6) is -1.53. The summed E-state index contributed by atoms with van der Waals surface area (Å²) in [5.41, 5.74) is -0.132. The van der Waals surface area contributed by atoms with Gasteiger partial charge >= 0.3 is 5.97 Å². The second-order valence-corrected chi connectivity index (χ2v) is 5.71. The van der Waals surface area contributed by atoms with Crippen LogP contribution < -0.4 is 14.8 Å². The second kappa shape index (κ2) is 7.18. The highest BCUT2D eigenvalue weighted by Crippen LogP contribution is 2.34. The minimum atomic E-state index is -1.16. The smallest absolute Gasteiger partial charge is 0.355 e. The maximum Gasteiger partial charge on any atom is 0.355 e. The molecular weight excluding hydrogens is 336 g/mol. The van der Waals surface area contributed by atoms with E-state index in [4.69, 9.17) is 14.6 Å². The molecule has 2 aromatic rings. The lowest BCUT2D eigenvalue weighted by atomic mass is 10.1. The molecule has 0 saturated carbocycles. The van der Waals surface area contributed by atoms with E-state index in [1.807, 2.05) is 0 Å². The average molecular weight is 352 g/mol. The van der Waals surface area contributed by atoms with Crippen molar-refractivity contribution in [2.45, 2.75) is 13.3 Å². The van der Waals surface area contributed by atoms with Crippen LogP contribution in [0.1, 0.15) is 32.6 Å². The van der Waals surface area contributed by atoms with Crippen molar-refractivity contribution >= 4 is 28.3 Å². The number of rotatable bonds is 6. The van der Waals surface area contributed by atoms with Gasteiger partial charge in [-0.3, -0.25) is 10.1 Å². The van der Waals surface area contributed by atoms with Crippen molar-refractivity contribution in [2.75, 3.05) is 19.5 Å². The first-order valence-electron chi connectivity index (χ1n) is 6.90. The topological polar surface area (TPSA) is 118 Å². The highest BCUT2D eigenvalue weighted by Gasteiger charge is 2.20. The van der Waals surface area contributed by atoms with E-state index in [0.717, 1.165) is 11.3 Å². The van der Waals surface area contributed by atoms with Crippen LogP contribution in [0.25, 0.3) is 0 Å². The average Bonchev–Trinajstić information content (AvgIpc) is 2.97. The van der Waals surface area contributed by atoms with Crippen molar-refractivity contribution in [1.29, 1.82) is 0 Å². The number of carbonyl (C=O) groups excluding carboxylic acids is 1. The molecule has 128 valence electrons. The van der Waals surface area contributed by atoms with Gasteiger partial charge in [0, 0.05) is 17.0 Å². The van der Waals surface area contributed by atoms with Crippen molar-refractivity contribution < 1.29 is 29.3 Å². The number of aromatic hydroxyl groups is 1. The summed E-state index contributed by atoms with van der Waals surface area (Å²) in [5, 5.41) is 21.7. The van der Waals surface area contributed by atoms with Crippen LogP contribution in [-0.4, -0.2) is 41.3 Å². The fourth-order valence-corrected chi connectivity index (χ4v) is 2.91. The summed E-state index contributed by atoms with van der Waals surface area (Å²) in [4.78, 5) is 27.9. The van der Waals surface area contributed by atoms with Gasteiger partial charge in [-0.2, -0.15) is 0 Å². The number of aromatic nitrogens is 1. The number of phenolic OH excluding ortho intramolecular Hbond substituents is 1. The Morgan fingerprint density at radius 2 is 1.88 bits per heavy atom. The van der Waals surface area contributed by atoms with Gasteiger partial charge in [-0.1, -0.05) is 6.92 Å². The molecule has 1 heterocycles. The number of methoxy groups -OCH3 is 2. The van der Waals surface area contributed by atoms with Gasteiger partial charge in [-0.25, -0.2) is 9.78 Å². The van der Waals surface area contributed by atoms with Crippen LogP contribution in [0.5, 0.6) is 17.2 Å². The Kier molecular flexibility index (Phi) is 5.24. The van der Waals surface area contributed by atoms with Gasteiger partial charge < -0.3 is 19.7 Å². The van der Waals surface area contributed by atoms with E-state index in [1.54, 1.807) is 6.92 Å². The van der Waals surface area contributed by atoms with Crippen LogP contribution in [0.3, 0.4) is 0 Å². The number of benzene rings is 1. The van der Waals surface area contributed by atoms with E-state index < -0.39 is 11.9 Å². The van der Waals surface area contributed by atoms with Crippen LogP contribution in [0.15, 0.2) is 12.1 Å². The Labute approximate surface area is 141 Å². The predicted octanol–water partition coefficient (Wildman–Crippen LogP) is 2.38. The first-order valence-corrected chi connectivity index (χ1v) is 7.72. The summed E-state index contributed by atoms with van der Waals surface area (Å²) in [6.45, 7) is 1.80. The SMILES string of the molecule is CCc1sc(NC(=O)c2cc(OC)c(OC)cc2O)nc1C(=O)O. The molecule has 0 fully saturated rings. The first-order chi connectivity index (χ1) is 11.4. The van der Waals surface area contributed by atoms with E-state index in [-0.39, 0.29) is 33.6 Å². The molecule has 24 heavy (non-hydrogen) atoms. The molecule has 0 aliphatic carbocycles. The van der Waals surface area contributed by atoms with Crippen LogP contribution in [0, 0.1) is 0 Å². The molecule has 0 saturated heterocycles. The summed E-state index contributed by atoms with van der Waals surface area (Å²) in [7, 11) is 2.82. The van der Waals surface area contributed by atoms with Crippen LogP contribution in [0.4, 0.5) is 5.13 Å². The molecule has 8 nitrogen and oxygen atoms in total. The zero-order valence-electron chi connectivity index (χ0n) is 13.2. The van der Waals surface area contributed by atoms with Gasteiger partial charge in [-0.05, 0) is 6.42 Å². The third-order valence-electron chi connectivity index (χ3n) is 3.19. The molecule has 0 radical (unpaired) electrons. The number of carboxylic acid groups (broad SMARTS) is 1. The molecular formula is C15H16N2O6S. The van der Waals surface area contributed by atoms with Crippen LogP contribution in [0.2, 0.25) is 0 Å². The molecule has 3 N–H and O–H groups in total. The van der Waals surface area contributed by atoms with Crippen molar-refractivity contribution in [1.82, 2.24) is 4.98 Å². The van der Waals surface area contributed by atoms with Gasteiger partial charge in [0.1, 0.15) is 5.75 Å². The van der Waals surface area contributed by atoms with Crippen molar-refractivity contribution in [2.24, 2.45) is 0 Å². The number of hydrogen-bond donors (Lipinski definition) is 3. The maximum atomic E-state index is 12.3. The standard InChI is InChI=1S/C15H16N2O6S/c1-4-11-12(14(20)21)16-15(24-11)17-13(19)7-5-9(22-2)10(23-3)6-8(7)18/h5-6,18H,4H2,1-3H3,(H,20,21)(H,16,17,19). The largest absolute Gasteiger partial charge is 0.507 e. The molecule has 0 aliphatic rings. The Bertz CT molecular complexity index is 787. The number of amides is 1. The van der Waals surface area contributed by atoms with Crippen LogP contribution >= 0.6 is 11.3 Å². The molecule has 2 rings (SSSR count). The number of phenols is 1. The zero-order chi connectivity index (χ0) is 17.9. The van der Waals surface area contributed by atoms with Crippen molar-refractivity contribution in [3.8, 4) is 17.2 Å². The van der Waals surface area contributed by atoms with E-state index in [0.29, 0.717) is 11.3 Å². The summed E-state index contributed by atoms with van der Waals surface area (Å²) < 4.78 is 10.1. The quantitative estimate of drug-likeness (QED) is 0.730. The lowest BCUT2D eigenvalue weighted by molar-refractivity contribution is 0.0690. The highest BCUT2D eigenvalue weighted by molar-refractivity contribution is 7.16. The first kappa shape index (κ1) is 17.5. The van der Waals surface area contributed by atoms with E-state index in [1.165, 1.54) is 26.4 Å². The minimum Gasteiger partial charge on any atom is -0.507 e. The number of nitrogens with zero attached hydrogens (tertiary/aromatic N) is 1. The third kappa shape index (κ3) is 3.40. The van der Waals surface area contributed by atoms with E-state index >= 15 is 0 Å². The highest BCUT2D eigenvalue weighted by atomic mass is 32.1. The minimum absolute atomic E-state index is 0.0437. The Morgan fingerprint density at radius 1 is 1.25 bits per heavy atom. The number of anilines is 1. The predicted molar refractivity (Wildman–Crippen MR) is 87.6 cm³/mol. The van der Waals surface area contributed by atoms with Crippen molar-refractivity contribution in [3.05, 3.63) is 28.3 Å². The normalized spacial score (nSPS) is 10.3. The lowest BCUT2D eigenvalue weighted by Gasteiger charge is -2.11. The Morgan fingerprint density at radius 3 is 2.38 bits per heavy atom. The molecule has 1 aromatic heterocycles. The molecule has 0 bridgehead atoms. The number of carbonyl (C=O) groups is 2. The number of nitrogens with one attached hydrogen (secondary N) is 1. The Hall–Kier alpha value is -2.81. The Balaban J connectivity index is 2.32. The molecule has 0 atom stereocenters. The summed E-state index contributed by atoms with van der Waals surface area (Å²) >= 11 is 1.07. The van der Waals surface area contributed by atoms with E-state index in [9.17, 15) is 14.7 Å². The maximum absolute atomic E-state index is 12.3. The number of aryl methyl sites for hydroxylation is 1. The third-order valence-corrected chi connectivity index (χ3v) is 4.30. The fraction of sp³-hybridized carbons (Fsp3) is 0.267. The number of thiazole rings is 1. The lowest BCUT2D eigenvalue weighted by Crippen LogP contribution is -2.12. The fourth-order valence-electron chi connectivity index (χ4n) is 2.03. The number of hydrogen-bond acceptors (Lipinski definition) is 7. The van der Waals surface area contributed by atoms with Gasteiger partial charge in [0.05, 0.1) is 19.8 Å². The zero-order valence-corrected chi connectivity index (χ0v) is 14.1. The summed E-state index contributed by atoms with van der Waals surface area (Å²) in [6.07, 6.45) is 0.483. The van der Waals surface area contributed by atoms with Gasteiger partial charge in [0.25, 0.3) is 5.91 Å². The summed E-state index contributed by atoms with van der Waals surface area (Å²) in [6, 6.07) is 2.59. The molecule has 0 unspecified atom stereocenters. The molecule has 1 amide bonds. The van der Waals surface area contributed by atoms with Gasteiger partial charge in [0.15, 0.2) is 22.3 Å². The second-order valence-electron chi connectivity index (χ2n) is 4.63. The monoisotopic (exact) mass is 352 g/mol. The number of carboxylic acids is 1. The number of aromatic carboxylic acids is 1.